The second-order valence-electron chi connectivity index (χ2n) is 6.32. The molecule has 2 nitrogen and oxygen atoms in total. The van der Waals surface area contributed by atoms with Crippen molar-refractivity contribution in [3.05, 3.63) is 65.7 Å². The molecule has 0 radical (unpaired) electrons. The molecular formula is C20H25NO. The summed E-state index contributed by atoms with van der Waals surface area (Å²) >= 11 is 0. The SMILES string of the molecule is Oc1cccc([C@H]2CCCN(CCCc3ccccc3)C2)c1. The molecule has 1 aliphatic heterocycles. The highest BCUT2D eigenvalue weighted by Gasteiger charge is 2.21. The van der Waals surface area contributed by atoms with Gasteiger partial charge in [0.2, 0.25) is 0 Å². The maximum atomic E-state index is 9.66. The van der Waals surface area contributed by atoms with Crippen LogP contribution in [0.2, 0.25) is 0 Å². The zero-order chi connectivity index (χ0) is 15.2. The summed E-state index contributed by atoms with van der Waals surface area (Å²) in [6.45, 7) is 3.51. The standard InChI is InChI=1S/C20H25NO/c22-20-12-4-10-18(15-20)19-11-6-14-21(16-19)13-5-9-17-7-2-1-3-8-17/h1-4,7-8,10,12,15,19,22H,5-6,9,11,13-14,16H2/t19-/m0/s1. The van der Waals surface area contributed by atoms with E-state index in [1.54, 1.807) is 6.07 Å². The fourth-order valence-corrected chi connectivity index (χ4v) is 3.46. The molecule has 1 heterocycles. The van der Waals surface area contributed by atoms with Gasteiger partial charge in [0.05, 0.1) is 0 Å². The van der Waals surface area contributed by atoms with Gasteiger partial charge in [-0.2, -0.15) is 0 Å². The third-order valence-corrected chi connectivity index (χ3v) is 4.63. The minimum absolute atomic E-state index is 0.388. The van der Waals surface area contributed by atoms with E-state index in [9.17, 15) is 5.11 Å². The molecular weight excluding hydrogens is 270 g/mol. The lowest BCUT2D eigenvalue weighted by Gasteiger charge is -2.33. The normalized spacial score (nSPS) is 19.2. The molecule has 1 fully saturated rings. The molecule has 0 bridgehead atoms. The Kier molecular flexibility index (Phi) is 5.12. The molecule has 2 heteroatoms. The number of phenolic OH excluding ortho intramolecular Hbond substituents is 1. The van der Waals surface area contributed by atoms with E-state index in [4.69, 9.17) is 0 Å². The molecule has 0 aromatic heterocycles. The van der Waals surface area contributed by atoms with E-state index < -0.39 is 0 Å². The second-order valence-corrected chi connectivity index (χ2v) is 6.32. The van der Waals surface area contributed by atoms with Crippen LogP contribution in [-0.4, -0.2) is 29.6 Å². The first-order valence-corrected chi connectivity index (χ1v) is 8.36. The van der Waals surface area contributed by atoms with Crippen molar-refractivity contribution in [3.63, 3.8) is 0 Å². The van der Waals surface area contributed by atoms with E-state index in [-0.39, 0.29) is 0 Å². The summed E-state index contributed by atoms with van der Waals surface area (Å²) in [7, 11) is 0. The van der Waals surface area contributed by atoms with E-state index in [0.29, 0.717) is 11.7 Å². The number of hydrogen-bond donors (Lipinski definition) is 1. The van der Waals surface area contributed by atoms with Crippen LogP contribution in [0.25, 0.3) is 0 Å². The van der Waals surface area contributed by atoms with Crippen molar-refractivity contribution in [2.45, 2.75) is 31.6 Å². The van der Waals surface area contributed by atoms with Gasteiger partial charge < -0.3 is 10.0 Å². The van der Waals surface area contributed by atoms with Crippen LogP contribution in [0.5, 0.6) is 5.75 Å². The Morgan fingerprint density at radius 2 is 1.91 bits per heavy atom. The quantitative estimate of drug-likeness (QED) is 0.893. The van der Waals surface area contributed by atoms with Crippen LogP contribution in [0.4, 0.5) is 0 Å². The predicted octanol–water partition coefficient (Wildman–Crippen LogP) is 4.20. The Morgan fingerprint density at radius 3 is 2.73 bits per heavy atom. The second kappa shape index (κ2) is 7.46. The number of hydrogen-bond acceptors (Lipinski definition) is 2. The molecule has 0 unspecified atom stereocenters. The van der Waals surface area contributed by atoms with Crippen molar-refractivity contribution in [3.8, 4) is 5.75 Å². The summed E-state index contributed by atoms with van der Waals surface area (Å²) in [5.74, 6) is 0.955. The molecule has 1 aliphatic rings. The van der Waals surface area contributed by atoms with Crippen LogP contribution in [0.3, 0.4) is 0 Å². The van der Waals surface area contributed by atoms with Crippen molar-refractivity contribution in [2.24, 2.45) is 0 Å². The molecule has 0 aliphatic carbocycles. The topological polar surface area (TPSA) is 23.5 Å². The zero-order valence-corrected chi connectivity index (χ0v) is 13.1. The summed E-state index contributed by atoms with van der Waals surface area (Å²) in [4.78, 5) is 2.58. The molecule has 22 heavy (non-hydrogen) atoms. The molecule has 116 valence electrons. The van der Waals surface area contributed by atoms with E-state index in [1.807, 2.05) is 12.1 Å². The van der Waals surface area contributed by atoms with Gasteiger partial charge in [-0.05, 0) is 68.0 Å². The number of piperidine rings is 1. The first-order valence-electron chi connectivity index (χ1n) is 8.36. The number of rotatable bonds is 5. The van der Waals surface area contributed by atoms with Crippen molar-refractivity contribution in [2.75, 3.05) is 19.6 Å². The van der Waals surface area contributed by atoms with Gasteiger partial charge in [0, 0.05) is 6.54 Å². The maximum absolute atomic E-state index is 9.66. The van der Waals surface area contributed by atoms with Crippen LogP contribution in [0.1, 0.15) is 36.3 Å². The van der Waals surface area contributed by atoms with Gasteiger partial charge >= 0.3 is 0 Å². The molecule has 1 saturated heterocycles. The van der Waals surface area contributed by atoms with E-state index in [1.165, 1.54) is 43.5 Å². The number of nitrogens with zero attached hydrogens (tertiary/aromatic N) is 1. The number of aryl methyl sites for hydroxylation is 1. The average Bonchev–Trinajstić information content (AvgIpc) is 2.56. The minimum Gasteiger partial charge on any atom is -0.508 e. The number of benzene rings is 2. The van der Waals surface area contributed by atoms with Gasteiger partial charge in [-0.1, -0.05) is 42.5 Å². The first-order chi connectivity index (χ1) is 10.8. The minimum atomic E-state index is 0.388. The Labute approximate surface area is 133 Å². The lowest BCUT2D eigenvalue weighted by molar-refractivity contribution is 0.206. The largest absolute Gasteiger partial charge is 0.508 e. The molecule has 0 spiro atoms. The Bertz CT molecular complexity index is 581. The summed E-state index contributed by atoms with van der Waals surface area (Å²) in [5.41, 5.74) is 2.72. The Balaban J connectivity index is 1.50. The Hall–Kier alpha value is -1.80. The maximum Gasteiger partial charge on any atom is 0.115 e. The van der Waals surface area contributed by atoms with Gasteiger partial charge in [0.15, 0.2) is 0 Å². The molecule has 0 amide bonds. The highest BCUT2D eigenvalue weighted by atomic mass is 16.3. The smallest absolute Gasteiger partial charge is 0.115 e. The van der Waals surface area contributed by atoms with Gasteiger partial charge in [-0.15, -0.1) is 0 Å². The molecule has 2 aromatic rings. The number of likely N-dealkylation sites (tertiary alicyclic amines) is 1. The summed E-state index contributed by atoms with van der Waals surface area (Å²) in [6.07, 6.45) is 4.87. The van der Waals surface area contributed by atoms with Crippen LogP contribution in [0.15, 0.2) is 54.6 Å². The lowest BCUT2D eigenvalue weighted by atomic mass is 9.90. The third kappa shape index (κ3) is 4.11. The molecule has 2 aromatic carbocycles. The third-order valence-electron chi connectivity index (χ3n) is 4.63. The average molecular weight is 295 g/mol. The molecule has 0 saturated carbocycles. The fraction of sp³-hybridized carbons (Fsp3) is 0.400. The number of phenols is 1. The zero-order valence-electron chi connectivity index (χ0n) is 13.1. The van der Waals surface area contributed by atoms with Crippen molar-refractivity contribution in [1.29, 1.82) is 0 Å². The van der Waals surface area contributed by atoms with Gasteiger partial charge in [0.1, 0.15) is 5.75 Å². The van der Waals surface area contributed by atoms with Crippen LogP contribution < -0.4 is 0 Å². The summed E-state index contributed by atoms with van der Waals surface area (Å²) in [6, 6.07) is 18.5. The van der Waals surface area contributed by atoms with Crippen molar-refractivity contribution in [1.82, 2.24) is 4.90 Å². The van der Waals surface area contributed by atoms with Gasteiger partial charge in [0.25, 0.3) is 0 Å². The van der Waals surface area contributed by atoms with Crippen LogP contribution in [0, 0.1) is 0 Å². The lowest BCUT2D eigenvalue weighted by Crippen LogP contribution is -2.35. The van der Waals surface area contributed by atoms with Gasteiger partial charge in [-0.3, -0.25) is 0 Å². The van der Waals surface area contributed by atoms with E-state index in [2.05, 4.69) is 41.3 Å². The summed E-state index contributed by atoms with van der Waals surface area (Å²) < 4.78 is 0. The Morgan fingerprint density at radius 1 is 1.05 bits per heavy atom. The van der Waals surface area contributed by atoms with E-state index >= 15 is 0 Å². The van der Waals surface area contributed by atoms with Crippen molar-refractivity contribution < 1.29 is 5.11 Å². The fourth-order valence-electron chi connectivity index (χ4n) is 3.46. The summed E-state index contributed by atoms with van der Waals surface area (Å²) in [5, 5.41) is 9.66. The highest BCUT2D eigenvalue weighted by molar-refractivity contribution is 5.30. The highest BCUT2D eigenvalue weighted by Crippen LogP contribution is 2.28. The molecule has 1 N–H and O–H groups in total. The van der Waals surface area contributed by atoms with E-state index in [0.717, 1.165) is 13.0 Å². The van der Waals surface area contributed by atoms with Gasteiger partial charge in [-0.25, -0.2) is 0 Å². The first kappa shape index (κ1) is 15.1. The van der Waals surface area contributed by atoms with Crippen molar-refractivity contribution >= 4 is 0 Å². The monoisotopic (exact) mass is 295 g/mol. The van der Waals surface area contributed by atoms with Crippen LogP contribution >= 0.6 is 0 Å². The number of aromatic hydroxyl groups is 1. The molecule has 1 atom stereocenters. The predicted molar refractivity (Wildman–Crippen MR) is 91.3 cm³/mol. The molecule has 3 rings (SSSR count). The van der Waals surface area contributed by atoms with Crippen LogP contribution in [-0.2, 0) is 6.42 Å².